The van der Waals surface area contributed by atoms with Gasteiger partial charge in [0.1, 0.15) is 17.9 Å². The van der Waals surface area contributed by atoms with Gasteiger partial charge in [0.15, 0.2) is 11.5 Å². The molecule has 9 nitrogen and oxygen atoms in total. The van der Waals surface area contributed by atoms with Crippen LogP contribution in [0.4, 0.5) is 11.4 Å². The second-order valence-corrected chi connectivity index (χ2v) is 23.9. The lowest BCUT2D eigenvalue weighted by Gasteiger charge is -2.32. The summed E-state index contributed by atoms with van der Waals surface area (Å²) in [5, 5.41) is 23.2. The highest BCUT2D eigenvalue weighted by Gasteiger charge is 2.46. The third kappa shape index (κ3) is 9.82. The number of Topliss-reactive ketones (excluding diaryl/α,β-unsaturated/α-hetero) is 1. The summed E-state index contributed by atoms with van der Waals surface area (Å²) in [6.45, 7) is 17.7. The van der Waals surface area contributed by atoms with Gasteiger partial charge in [0.05, 0.1) is 25.8 Å². The van der Waals surface area contributed by atoms with Gasteiger partial charge < -0.3 is 24.4 Å². The van der Waals surface area contributed by atoms with E-state index in [4.69, 9.17) is 0 Å². The first-order valence-corrected chi connectivity index (χ1v) is 28.6. The Morgan fingerprint density at radius 3 is 2.09 bits per heavy atom. The molecule has 1 aliphatic carbocycles. The van der Waals surface area contributed by atoms with Gasteiger partial charge in [-0.2, -0.15) is 9.84 Å². The summed E-state index contributed by atoms with van der Waals surface area (Å²) in [5.41, 5.74) is 9.39. The van der Waals surface area contributed by atoms with Crippen LogP contribution in [0.25, 0.3) is 36.9 Å². The van der Waals surface area contributed by atoms with Crippen LogP contribution in [0.5, 0.6) is 0 Å². The van der Waals surface area contributed by atoms with E-state index in [-0.39, 0.29) is 28.1 Å². The zero-order valence-corrected chi connectivity index (χ0v) is 44.1. The van der Waals surface area contributed by atoms with Crippen molar-refractivity contribution >= 4 is 79.6 Å². The average Bonchev–Trinajstić information content (AvgIpc) is 4.09. The minimum Gasteiger partial charge on any atom is -0.871 e. The number of para-hydroxylation sites is 1. The third-order valence-corrected chi connectivity index (χ3v) is 18.0. The molecule has 0 saturated carbocycles. The minimum atomic E-state index is -4.71. The van der Waals surface area contributed by atoms with Gasteiger partial charge in [0.25, 0.3) is 0 Å². The Hall–Kier alpha value is -4.82. The van der Waals surface area contributed by atoms with Crippen molar-refractivity contribution in [2.24, 2.45) is 0 Å². The summed E-state index contributed by atoms with van der Waals surface area (Å²) in [7, 11) is -4.71. The Kier molecular flexibility index (Phi) is 15.3. The lowest BCUT2D eigenvalue weighted by atomic mass is 9.77. The van der Waals surface area contributed by atoms with Crippen molar-refractivity contribution < 1.29 is 28.8 Å². The fourth-order valence-corrected chi connectivity index (χ4v) is 13.7. The fourth-order valence-electron chi connectivity index (χ4n) is 10.8. The van der Waals surface area contributed by atoms with Crippen molar-refractivity contribution in [1.29, 1.82) is 5.26 Å². The number of aromatic nitrogens is 1. The first kappa shape index (κ1) is 50.6. The standard InChI is InChI=1S/C57H69N4O5PS2/c1-8-11-13-15-16-17-18-19-20-24-30-61-46-28-27-38(49-36-48-55(69-49)54-47(60(48)29-23-14-12-9-2)33-40(68-54)32-39(37-58)67(64,65)66)31-44(46)57(6,7)51(61)35-42-52(62)41(53(42)63)34-50-56(4,5)43-25-21-22-26-45(43)59(50)10-3/h21-22,25-28,31-36H,8-20,23-24,29-30H2,1-7H3,(H2-,62,63,64,65,66)/b39-32-. The Balaban J connectivity index is 1.14. The largest absolute Gasteiger partial charge is 0.871 e. The van der Waals surface area contributed by atoms with E-state index in [1.807, 2.05) is 30.4 Å². The maximum atomic E-state index is 14.2. The number of fused-ring (bicyclic) bond motifs is 5. The summed E-state index contributed by atoms with van der Waals surface area (Å²) < 4.78 is 18.9. The van der Waals surface area contributed by atoms with Crippen LogP contribution in [0.2, 0.25) is 0 Å². The van der Waals surface area contributed by atoms with Crippen molar-refractivity contribution in [1.82, 2.24) is 4.57 Å². The number of ketones is 1. The summed E-state index contributed by atoms with van der Waals surface area (Å²) in [4.78, 5) is 37.8. The lowest BCUT2D eigenvalue weighted by molar-refractivity contribution is -0.438. The van der Waals surface area contributed by atoms with Crippen molar-refractivity contribution in [3.8, 4) is 16.5 Å². The molecule has 3 aliphatic rings. The third-order valence-electron chi connectivity index (χ3n) is 14.7. The maximum absolute atomic E-state index is 14.2. The van der Waals surface area contributed by atoms with E-state index in [1.165, 1.54) is 74.3 Å². The molecule has 0 fully saturated rings. The molecule has 2 aliphatic heterocycles. The van der Waals surface area contributed by atoms with Crippen molar-refractivity contribution in [2.75, 3.05) is 18.0 Å². The topological polar surface area (TPSA) is 133 Å². The monoisotopic (exact) mass is 984 g/mol. The molecular weight excluding hydrogens is 916 g/mol. The Morgan fingerprint density at radius 1 is 0.797 bits per heavy atom. The van der Waals surface area contributed by atoms with Crippen LogP contribution >= 0.6 is 30.3 Å². The first-order valence-electron chi connectivity index (χ1n) is 25.4. The number of benzene rings is 2. The highest BCUT2D eigenvalue weighted by Crippen LogP contribution is 2.51. The Labute approximate surface area is 417 Å². The SMILES string of the molecule is CCCCCCCCCCCC[N+]1=C(/C=C2/C(=O)C(/C=C3\N(CC)c4ccccc4C3(C)C)=C2[O-])C(C)(C)c2cc(-c3cc4c(s3)c3sc(/C=C(/C#N)P(=O)(O)O)cc3n4CCCCCC)ccc21. The molecule has 5 aromatic rings. The van der Waals surface area contributed by atoms with Gasteiger partial charge in [-0.05, 0) is 87.2 Å². The second-order valence-electron chi connectivity index (χ2n) is 20.2. The number of anilines is 1. The van der Waals surface area contributed by atoms with Crippen LogP contribution in [0.15, 0.2) is 94.7 Å². The fraction of sp³-hybridized carbons (Fsp3) is 0.456. The highest BCUT2D eigenvalue weighted by molar-refractivity contribution is 7.57. The molecule has 0 spiro atoms. The van der Waals surface area contributed by atoms with E-state index in [2.05, 4.69) is 98.9 Å². The minimum absolute atomic E-state index is 0.196. The molecule has 8 rings (SSSR count). The molecule has 0 saturated heterocycles. The number of carbonyl (C=O) groups is 1. The Bertz CT molecular complexity index is 3030. The maximum Gasteiger partial charge on any atom is 0.366 e. The van der Waals surface area contributed by atoms with Crippen molar-refractivity contribution in [2.45, 2.75) is 156 Å². The predicted molar refractivity (Wildman–Crippen MR) is 286 cm³/mol. The van der Waals surface area contributed by atoms with E-state index >= 15 is 0 Å². The number of unbranched alkanes of at least 4 members (excludes halogenated alkanes) is 12. The van der Waals surface area contributed by atoms with E-state index in [1.54, 1.807) is 17.4 Å². The zero-order valence-electron chi connectivity index (χ0n) is 41.6. The molecule has 0 amide bonds. The normalized spacial score (nSPS) is 17.8. The summed E-state index contributed by atoms with van der Waals surface area (Å²) in [6, 6.07) is 21.0. The molecule has 5 heterocycles. The number of likely N-dealkylation sites (N-methyl/N-ethyl adjacent to an activating group) is 1. The van der Waals surface area contributed by atoms with Gasteiger partial charge in [-0.15, -0.1) is 22.7 Å². The van der Waals surface area contributed by atoms with Crippen LogP contribution in [-0.2, 0) is 26.7 Å². The number of thiophene rings is 2. The van der Waals surface area contributed by atoms with Crippen LogP contribution in [0, 0.1) is 11.3 Å². The number of nitriles is 1. The van der Waals surface area contributed by atoms with Gasteiger partial charge in [-0.25, -0.2) is 0 Å². The molecule has 0 atom stereocenters. The van der Waals surface area contributed by atoms with Crippen LogP contribution in [0.1, 0.15) is 154 Å². The van der Waals surface area contributed by atoms with Gasteiger partial charge in [-0.3, -0.25) is 9.36 Å². The molecule has 69 heavy (non-hydrogen) atoms. The van der Waals surface area contributed by atoms with Gasteiger partial charge in [0.2, 0.25) is 5.69 Å². The summed E-state index contributed by atoms with van der Waals surface area (Å²) in [6.07, 6.45) is 21.9. The smallest absolute Gasteiger partial charge is 0.366 e. The Morgan fingerprint density at radius 2 is 1.43 bits per heavy atom. The molecule has 2 N–H and O–H groups in total. The highest BCUT2D eigenvalue weighted by atomic mass is 32.1. The van der Waals surface area contributed by atoms with Gasteiger partial charge in [-0.1, -0.05) is 122 Å². The number of hydrogen-bond donors (Lipinski definition) is 2. The molecule has 0 radical (unpaired) electrons. The molecule has 0 unspecified atom stereocenters. The number of allylic oxidation sites excluding steroid dienone is 6. The number of rotatable bonds is 22. The van der Waals surface area contributed by atoms with Crippen molar-refractivity contribution in [3.63, 3.8) is 0 Å². The zero-order chi connectivity index (χ0) is 49.3. The molecule has 3 aromatic heterocycles. The molecule has 0 bridgehead atoms. The van der Waals surface area contributed by atoms with E-state index in [9.17, 15) is 29.5 Å². The molecule has 12 heteroatoms. The van der Waals surface area contributed by atoms with E-state index in [0.29, 0.717) is 4.88 Å². The van der Waals surface area contributed by atoms with E-state index < -0.39 is 18.3 Å². The summed E-state index contributed by atoms with van der Waals surface area (Å²) in [5.74, 6) is -0.391. The lowest BCUT2D eigenvalue weighted by Crippen LogP contribution is -2.35. The van der Waals surface area contributed by atoms with Crippen LogP contribution < -0.4 is 10.0 Å². The number of nitrogens with zero attached hydrogens (tertiary/aromatic N) is 4. The van der Waals surface area contributed by atoms with Crippen LogP contribution in [0.3, 0.4) is 0 Å². The average molecular weight is 985 g/mol. The predicted octanol–water partition coefficient (Wildman–Crippen LogP) is 14.3. The summed E-state index contributed by atoms with van der Waals surface area (Å²) >= 11 is 3.17. The number of carbonyl (C=O) groups excluding carboxylic acids is 1. The van der Waals surface area contributed by atoms with Crippen LogP contribution in [-0.4, -0.2) is 43.5 Å². The van der Waals surface area contributed by atoms with E-state index in [0.717, 1.165) is 117 Å². The molecule has 2 aromatic carbocycles. The molecule has 364 valence electrons. The first-order chi connectivity index (χ1) is 33.1. The number of hydrogen-bond acceptors (Lipinski definition) is 7. The number of aryl methyl sites for hydroxylation is 1. The van der Waals surface area contributed by atoms with Gasteiger partial charge in [0, 0.05) is 74.9 Å². The second kappa shape index (κ2) is 20.9. The van der Waals surface area contributed by atoms with Gasteiger partial charge >= 0.3 is 7.60 Å². The van der Waals surface area contributed by atoms with Crippen molar-refractivity contribution in [3.05, 3.63) is 111 Å². The molecular formula is C57H69N4O5PS2. The quantitative estimate of drug-likeness (QED) is 0.0232.